The number of amides is 1. The van der Waals surface area contributed by atoms with Gasteiger partial charge in [-0.2, -0.15) is 12.7 Å². The number of carbonyl (C=O) groups excluding carboxylic acids is 1. The lowest BCUT2D eigenvalue weighted by Crippen LogP contribution is -2.49. The fourth-order valence-electron chi connectivity index (χ4n) is 7.44. The van der Waals surface area contributed by atoms with Gasteiger partial charge in [0.05, 0.1) is 11.7 Å². The van der Waals surface area contributed by atoms with E-state index in [-0.39, 0.29) is 24.0 Å². The second kappa shape index (κ2) is 14.2. The van der Waals surface area contributed by atoms with E-state index in [1.54, 1.807) is 6.07 Å². The van der Waals surface area contributed by atoms with Gasteiger partial charge in [0.25, 0.3) is 5.91 Å². The van der Waals surface area contributed by atoms with Crippen LogP contribution in [-0.2, 0) is 16.8 Å². The van der Waals surface area contributed by atoms with E-state index in [4.69, 9.17) is 4.74 Å². The van der Waals surface area contributed by atoms with Crippen molar-refractivity contribution in [2.45, 2.75) is 57.5 Å². The molecular weight excluding hydrogens is 619 g/mol. The average Bonchev–Trinajstić information content (AvgIpc) is 3.35. The van der Waals surface area contributed by atoms with Crippen LogP contribution in [0.5, 0.6) is 5.75 Å². The number of aromatic nitrogens is 1. The highest BCUT2D eigenvalue weighted by molar-refractivity contribution is 7.87. The molecule has 1 aliphatic carbocycles. The fraction of sp³-hybridized carbons (Fsp3) is 0.571. The molecule has 0 radical (unpaired) electrons. The smallest absolute Gasteiger partial charge is 0.303 e. The van der Waals surface area contributed by atoms with Gasteiger partial charge in [0.2, 0.25) is 0 Å². The molecule has 10 nitrogen and oxygen atoms in total. The van der Waals surface area contributed by atoms with Gasteiger partial charge in [-0.15, -0.1) is 0 Å². The van der Waals surface area contributed by atoms with E-state index in [1.165, 1.54) is 35.5 Å². The third kappa shape index (κ3) is 7.22. The Labute approximate surface area is 278 Å². The summed E-state index contributed by atoms with van der Waals surface area (Å²) in [5.41, 5.74) is 4.25. The van der Waals surface area contributed by atoms with Crippen LogP contribution in [0.15, 0.2) is 36.4 Å². The van der Waals surface area contributed by atoms with E-state index in [1.807, 2.05) is 18.2 Å². The molecule has 47 heavy (non-hydrogen) atoms. The minimum Gasteiger partial charge on any atom is -0.491 e. The second-order valence-corrected chi connectivity index (χ2v) is 15.4. The van der Waals surface area contributed by atoms with Crippen LogP contribution in [0.2, 0.25) is 0 Å². The van der Waals surface area contributed by atoms with E-state index in [0.717, 1.165) is 80.6 Å². The van der Waals surface area contributed by atoms with Gasteiger partial charge in [-0.25, -0.2) is 9.11 Å². The molecule has 1 fully saturated rings. The standard InChI is InChI=1S/C35H49FN6O4S/c1-5-40-17-16-39(4)47(44,45)37-35(43)26-11-13-29-31(21-26)42-23-28(41(20-18-40)19-15-38(2)3)24-46-32-22-27(36)12-14-30(32)34(42)33(29)25-9-7-6-8-10-25/h11-14,21-22,25,28H,5-10,15-20,23-24H2,1-4H3,(H,37,43). The summed E-state index contributed by atoms with van der Waals surface area (Å²) >= 11 is 0. The number of fused-ring (bicyclic) bond motifs is 4. The molecule has 1 N–H and O–H groups in total. The fourth-order valence-corrected chi connectivity index (χ4v) is 8.27. The molecule has 0 spiro atoms. The molecule has 1 unspecified atom stereocenters. The molecule has 1 atom stereocenters. The Morgan fingerprint density at radius 2 is 1.79 bits per heavy atom. The molecule has 3 aromatic rings. The average molecular weight is 669 g/mol. The molecule has 256 valence electrons. The molecule has 4 bridgehead atoms. The van der Waals surface area contributed by atoms with Crippen LogP contribution in [0, 0.1) is 5.82 Å². The lowest BCUT2D eigenvalue weighted by Gasteiger charge is -2.36. The van der Waals surface area contributed by atoms with Crippen molar-refractivity contribution in [2.24, 2.45) is 0 Å². The van der Waals surface area contributed by atoms with Gasteiger partial charge in [0.1, 0.15) is 18.2 Å². The van der Waals surface area contributed by atoms with Crippen molar-refractivity contribution >= 4 is 27.0 Å². The summed E-state index contributed by atoms with van der Waals surface area (Å²) in [4.78, 5) is 20.4. The van der Waals surface area contributed by atoms with Gasteiger partial charge >= 0.3 is 10.2 Å². The molecule has 2 aromatic carbocycles. The molecule has 12 heteroatoms. The van der Waals surface area contributed by atoms with Gasteiger partial charge in [-0.05, 0) is 69.2 Å². The van der Waals surface area contributed by atoms with Crippen LogP contribution < -0.4 is 9.46 Å². The van der Waals surface area contributed by atoms with Gasteiger partial charge < -0.3 is 19.1 Å². The van der Waals surface area contributed by atoms with Crippen LogP contribution in [0.4, 0.5) is 4.39 Å². The number of hydrogen-bond acceptors (Lipinski definition) is 7. The number of benzene rings is 2. The van der Waals surface area contributed by atoms with Gasteiger partial charge in [-0.1, -0.05) is 32.3 Å². The first-order valence-corrected chi connectivity index (χ1v) is 18.5. The van der Waals surface area contributed by atoms with Crippen LogP contribution in [0.3, 0.4) is 0 Å². The number of likely N-dealkylation sites (N-methyl/N-ethyl adjacent to an activating group) is 3. The van der Waals surface area contributed by atoms with Crippen molar-refractivity contribution in [3.05, 3.63) is 53.3 Å². The number of carbonyl (C=O) groups is 1. The summed E-state index contributed by atoms with van der Waals surface area (Å²) in [5, 5.41) is 1.05. The molecule has 3 heterocycles. The number of nitrogens with zero attached hydrogens (tertiary/aromatic N) is 5. The first-order valence-electron chi connectivity index (χ1n) is 17.0. The third-order valence-electron chi connectivity index (χ3n) is 10.3. The summed E-state index contributed by atoms with van der Waals surface area (Å²) in [6.45, 7) is 7.76. The minimum atomic E-state index is -4.05. The molecule has 1 saturated carbocycles. The van der Waals surface area contributed by atoms with Crippen molar-refractivity contribution in [3.63, 3.8) is 0 Å². The Morgan fingerprint density at radius 3 is 2.53 bits per heavy atom. The highest BCUT2D eigenvalue weighted by atomic mass is 32.2. The highest BCUT2D eigenvalue weighted by Crippen LogP contribution is 2.47. The Morgan fingerprint density at radius 1 is 1.02 bits per heavy atom. The Kier molecular flexibility index (Phi) is 10.2. The molecular formula is C35H49FN6O4S. The van der Waals surface area contributed by atoms with Crippen molar-refractivity contribution in [2.75, 3.05) is 73.6 Å². The molecule has 1 amide bonds. The maximum absolute atomic E-state index is 14.8. The van der Waals surface area contributed by atoms with E-state index < -0.39 is 16.1 Å². The van der Waals surface area contributed by atoms with E-state index in [0.29, 0.717) is 31.4 Å². The van der Waals surface area contributed by atoms with Crippen LogP contribution >= 0.6 is 0 Å². The lowest BCUT2D eigenvalue weighted by molar-refractivity contribution is 0.0971. The highest BCUT2D eigenvalue weighted by Gasteiger charge is 2.33. The quantitative estimate of drug-likeness (QED) is 0.432. The third-order valence-corrected chi connectivity index (χ3v) is 11.7. The SMILES string of the molecule is CCN1CCN(CCN(C)C)C2COc3cc(F)ccc3-c3c(C4CCCCC4)c4ccc(cc4n3C2)C(=O)NS(=O)(=O)N(C)CC1. The zero-order chi connectivity index (χ0) is 33.3. The van der Waals surface area contributed by atoms with Crippen molar-refractivity contribution < 1.29 is 22.3 Å². The molecule has 1 aromatic heterocycles. The van der Waals surface area contributed by atoms with Crippen LogP contribution in [0.25, 0.3) is 22.2 Å². The predicted molar refractivity (Wildman–Crippen MR) is 184 cm³/mol. The molecule has 0 saturated heterocycles. The van der Waals surface area contributed by atoms with Crippen molar-refractivity contribution in [1.29, 1.82) is 0 Å². The van der Waals surface area contributed by atoms with Gasteiger partial charge in [-0.3, -0.25) is 9.69 Å². The Hall–Kier alpha value is -3.03. The zero-order valence-electron chi connectivity index (χ0n) is 28.2. The maximum atomic E-state index is 14.8. The zero-order valence-corrected chi connectivity index (χ0v) is 29.0. The summed E-state index contributed by atoms with van der Waals surface area (Å²) in [7, 11) is 1.59. The Bertz CT molecular complexity index is 1700. The Balaban J connectivity index is 1.58. The summed E-state index contributed by atoms with van der Waals surface area (Å²) in [6, 6.07) is 10.3. The van der Waals surface area contributed by atoms with Gasteiger partial charge in [0, 0.05) is 81.0 Å². The van der Waals surface area contributed by atoms with Gasteiger partial charge in [0.15, 0.2) is 0 Å². The molecule has 3 aliphatic rings. The predicted octanol–water partition coefficient (Wildman–Crippen LogP) is 4.36. The van der Waals surface area contributed by atoms with E-state index >= 15 is 0 Å². The monoisotopic (exact) mass is 668 g/mol. The van der Waals surface area contributed by atoms with Crippen LogP contribution in [0.1, 0.15) is 60.9 Å². The number of halogens is 1. The summed E-state index contributed by atoms with van der Waals surface area (Å²) in [5.74, 6) is -0.164. The first kappa shape index (κ1) is 33.9. The largest absolute Gasteiger partial charge is 0.491 e. The summed E-state index contributed by atoms with van der Waals surface area (Å²) < 4.78 is 53.7. The minimum absolute atomic E-state index is 0.0351. The normalized spacial score (nSPS) is 22.3. The van der Waals surface area contributed by atoms with E-state index in [9.17, 15) is 17.6 Å². The van der Waals surface area contributed by atoms with E-state index in [2.05, 4.69) is 45.0 Å². The number of nitrogens with one attached hydrogen (secondary N) is 1. The van der Waals surface area contributed by atoms with Crippen molar-refractivity contribution in [1.82, 2.24) is 28.3 Å². The second-order valence-electron chi connectivity index (χ2n) is 13.6. The molecule has 6 rings (SSSR count). The first-order chi connectivity index (χ1) is 22.6. The topological polar surface area (TPSA) is 90.4 Å². The van der Waals surface area contributed by atoms with Crippen LogP contribution in [-0.4, -0.2) is 118 Å². The lowest BCUT2D eigenvalue weighted by atomic mass is 9.81. The maximum Gasteiger partial charge on any atom is 0.303 e. The number of ether oxygens (including phenoxy) is 1. The molecule has 2 aliphatic heterocycles. The number of hydrogen-bond donors (Lipinski definition) is 1. The van der Waals surface area contributed by atoms with Crippen molar-refractivity contribution in [3.8, 4) is 17.0 Å². The number of rotatable bonds is 5. The summed E-state index contributed by atoms with van der Waals surface area (Å²) in [6.07, 6.45) is 5.61.